The summed E-state index contributed by atoms with van der Waals surface area (Å²) < 4.78 is 13.8. The molecule has 1 heterocycles. The maximum absolute atomic E-state index is 12.9. The second-order valence-corrected chi connectivity index (χ2v) is 8.20. The molecule has 1 atom stereocenters. The summed E-state index contributed by atoms with van der Waals surface area (Å²) in [5.41, 5.74) is 2.12. The standard InChI is InChI=1S/C19H18BrFN4O2/c1-25(10-16(26)24-18-22-8-12(21)9-23-18)17(27)13-3-2-11(20)6-14(13)15-7-19(15)4-5-19/h2-3,6,8-9,15H,4-5,7,10H2,1H3,(H,22,23,24,26)/t15-/m0/s1. The van der Waals surface area contributed by atoms with E-state index in [2.05, 4.69) is 31.2 Å². The second kappa shape index (κ2) is 6.67. The summed E-state index contributed by atoms with van der Waals surface area (Å²) in [6.07, 6.45) is 5.53. The lowest BCUT2D eigenvalue weighted by molar-refractivity contribution is -0.116. The van der Waals surface area contributed by atoms with E-state index in [-0.39, 0.29) is 18.4 Å². The predicted molar refractivity (Wildman–Crippen MR) is 101 cm³/mol. The molecule has 4 rings (SSSR count). The number of amides is 2. The largest absolute Gasteiger partial charge is 0.332 e. The Balaban J connectivity index is 1.44. The zero-order valence-electron chi connectivity index (χ0n) is 14.7. The molecule has 1 aromatic heterocycles. The number of rotatable bonds is 5. The molecule has 0 bridgehead atoms. The smallest absolute Gasteiger partial charge is 0.254 e. The fourth-order valence-electron chi connectivity index (χ4n) is 3.55. The topological polar surface area (TPSA) is 75.2 Å². The van der Waals surface area contributed by atoms with Gasteiger partial charge in [-0.1, -0.05) is 15.9 Å². The molecule has 2 fully saturated rings. The summed E-state index contributed by atoms with van der Waals surface area (Å²) in [5, 5.41) is 2.46. The van der Waals surface area contributed by atoms with Crippen LogP contribution in [0.25, 0.3) is 0 Å². The molecule has 0 saturated heterocycles. The Hall–Kier alpha value is -2.35. The summed E-state index contributed by atoms with van der Waals surface area (Å²) in [6, 6.07) is 5.68. The first kappa shape index (κ1) is 18.0. The lowest BCUT2D eigenvalue weighted by atomic mass is 10.0. The third kappa shape index (κ3) is 3.71. The van der Waals surface area contributed by atoms with Crippen LogP contribution in [0.1, 0.15) is 41.1 Å². The van der Waals surface area contributed by atoms with E-state index < -0.39 is 11.7 Å². The van der Waals surface area contributed by atoms with Crippen LogP contribution in [-0.4, -0.2) is 40.3 Å². The predicted octanol–water partition coefficient (Wildman–Crippen LogP) is 3.36. The molecule has 27 heavy (non-hydrogen) atoms. The fraction of sp³-hybridized carbons (Fsp3) is 0.368. The van der Waals surface area contributed by atoms with Gasteiger partial charge in [-0.25, -0.2) is 14.4 Å². The first-order chi connectivity index (χ1) is 12.9. The van der Waals surface area contributed by atoms with Crippen molar-refractivity contribution in [3.05, 3.63) is 52.0 Å². The Morgan fingerprint density at radius 2 is 2.04 bits per heavy atom. The van der Waals surface area contributed by atoms with Crippen molar-refractivity contribution < 1.29 is 14.0 Å². The van der Waals surface area contributed by atoms with E-state index in [4.69, 9.17) is 0 Å². The third-order valence-electron chi connectivity index (χ3n) is 5.30. The van der Waals surface area contributed by atoms with Crippen LogP contribution in [0.4, 0.5) is 10.3 Å². The molecular weight excluding hydrogens is 415 g/mol. The van der Waals surface area contributed by atoms with E-state index in [1.165, 1.54) is 17.7 Å². The van der Waals surface area contributed by atoms with E-state index in [9.17, 15) is 14.0 Å². The monoisotopic (exact) mass is 432 g/mol. The van der Waals surface area contributed by atoms with Crippen LogP contribution in [0.15, 0.2) is 35.1 Å². The molecule has 1 N–H and O–H groups in total. The maximum Gasteiger partial charge on any atom is 0.254 e. The quantitative estimate of drug-likeness (QED) is 0.785. The third-order valence-corrected chi connectivity index (χ3v) is 5.79. The lowest BCUT2D eigenvalue weighted by Gasteiger charge is -2.19. The van der Waals surface area contributed by atoms with Crippen molar-refractivity contribution in [1.82, 2.24) is 14.9 Å². The normalized spacial score (nSPS) is 18.9. The number of carbonyl (C=O) groups excluding carboxylic acids is 2. The van der Waals surface area contributed by atoms with Crippen molar-refractivity contribution >= 4 is 33.7 Å². The van der Waals surface area contributed by atoms with E-state index >= 15 is 0 Å². The van der Waals surface area contributed by atoms with E-state index in [1.54, 1.807) is 7.05 Å². The molecule has 2 aliphatic carbocycles. The van der Waals surface area contributed by atoms with Crippen LogP contribution in [0.3, 0.4) is 0 Å². The first-order valence-corrected chi connectivity index (χ1v) is 9.50. The van der Waals surface area contributed by atoms with Crippen LogP contribution >= 0.6 is 15.9 Å². The van der Waals surface area contributed by atoms with E-state index in [0.717, 1.165) is 28.9 Å². The molecule has 0 unspecified atom stereocenters. The summed E-state index contributed by atoms with van der Waals surface area (Å²) in [4.78, 5) is 33.8. The Morgan fingerprint density at radius 3 is 2.67 bits per heavy atom. The number of nitrogens with one attached hydrogen (secondary N) is 1. The molecule has 2 aliphatic rings. The van der Waals surface area contributed by atoms with Crippen LogP contribution in [0.5, 0.6) is 0 Å². The molecule has 2 saturated carbocycles. The summed E-state index contributed by atoms with van der Waals surface area (Å²) >= 11 is 3.49. The van der Waals surface area contributed by atoms with Crippen molar-refractivity contribution in [3.8, 4) is 0 Å². The molecule has 0 radical (unpaired) electrons. The van der Waals surface area contributed by atoms with Crippen LogP contribution in [0.2, 0.25) is 0 Å². The molecule has 2 amide bonds. The van der Waals surface area contributed by atoms with Gasteiger partial charge in [0.2, 0.25) is 11.9 Å². The number of likely N-dealkylation sites (N-methyl/N-ethyl adjacent to an activating group) is 1. The van der Waals surface area contributed by atoms with Gasteiger partial charge in [0.1, 0.15) is 0 Å². The highest BCUT2D eigenvalue weighted by atomic mass is 79.9. The van der Waals surface area contributed by atoms with Crippen LogP contribution in [0, 0.1) is 11.2 Å². The molecule has 0 aliphatic heterocycles. The zero-order chi connectivity index (χ0) is 19.2. The number of carbonyl (C=O) groups is 2. The maximum atomic E-state index is 12.9. The Labute approximate surface area is 164 Å². The molecule has 1 aromatic carbocycles. The Kier molecular flexibility index (Phi) is 4.46. The highest BCUT2D eigenvalue weighted by Crippen LogP contribution is 2.75. The fourth-order valence-corrected chi connectivity index (χ4v) is 3.93. The first-order valence-electron chi connectivity index (χ1n) is 8.70. The molecule has 8 heteroatoms. The summed E-state index contributed by atoms with van der Waals surface area (Å²) in [5.74, 6) is -0.794. The molecular formula is C19H18BrFN4O2. The number of halogens is 2. The minimum atomic E-state index is -0.587. The summed E-state index contributed by atoms with van der Waals surface area (Å²) in [7, 11) is 1.58. The minimum Gasteiger partial charge on any atom is -0.332 e. The minimum absolute atomic E-state index is 0.000218. The van der Waals surface area contributed by atoms with Crippen molar-refractivity contribution in [2.24, 2.45) is 5.41 Å². The van der Waals surface area contributed by atoms with E-state index in [0.29, 0.717) is 16.9 Å². The van der Waals surface area contributed by atoms with Gasteiger partial charge in [-0.3, -0.25) is 14.9 Å². The van der Waals surface area contributed by atoms with Gasteiger partial charge in [0.25, 0.3) is 5.91 Å². The van der Waals surface area contributed by atoms with Gasteiger partial charge >= 0.3 is 0 Å². The van der Waals surface area contributed by atoms with Crippen LogP contribution < -0.4 is 5.32 Å². The van der Waals surface area contributed by atoms with Gasteiger partial charge in [-0.15, -0.1) is 0 Å². The van der Waals surface area contributed by atoms with Gasteiger partial charge in [-0.2, -0.15) is 0 Å². The lowest BCUT2D eigenvalue weighted by Crippen LogP contribution is -2.35. The molecule has 6 nitrogen and oxygen atoms in total. The van der Waals surface area contributed by atoms with Gasteiger partial charge in [0.15, 0.2) is 5.82 Å². The molecule has 140 valence electrons. The molecule has 2 aromatic rings. The molecule has 1 spiro atoms. The number of aromatic nitrogens is 2. The van der Waals surface area contributed by atoms with Crippen LogP contribution in [-0.2, 0) is 4.79 Å². The highest BCUT2D eigenvalue weighted by molar-refractivity contribution is 9.10. The Morgan fingerprint density at radius 1 is 1.33 bits per heavy atom. The average molecular weight is 433 g/mol. The number of hydrogen-bond acceptors (Lipinski definition) is 4. The number of benzene rings is 1. The van der Waals surface area contributed by atoms with Crippen molar-refractivity contribution in [1.29, 1.82) is 0 Å². The number of nitrogens with zero attached hydrogens (tertiary/aromatic N) is 3. The van der Waals surface area contributed by atoms with Gasteiger partial charge in [-0.05, 0) is 54.4 Å². The zero-order valence-corrected chi connectivity index (χ0v) is 16.3. The van der Waals surface area contributed by atoms with Crippen molar-refractivity contribution in [2.75, 3.05) is 18.9 Å². The van der Waals surface area contributed by atoms with Gasteiger partial charge in [0, 0.05) is 17.1 Å². The Bertz CT molecular complexity index is 914. The summed E-state index contributed by atoms with van der Waals surface area (Å²) in [6.45, 7) is -0.148. The van der Waals surface area contributed by atoms with Gasteiger partial charge in [0.05, 0.1) is 18.9 Å². The van der Waals surface area contributed by atoms with Crippen molar-refractivity contribution in [2.45, 2.75) is 25.2 Å². The SMILES string of the molecule is CN(CC(=O)Nc1ncc(F)cn1)C(=O)c1ccc(Br)cc1[C@@H]1CC12CC2. The highest BCUT2D eigenvalue weighted by Gasteiger charge is 2.63. The number of anilines is 1. The number of hydrogen-bond donors (Lipinski definition) is 1. The average Bonchev–Trinajstić information content (AvgIpc) is 3.56. The van der Waals surface area contributed by atoms with E-state index in [1.807, 2.05) is 18.2 Å². The van der Waals surface area contributed by atoms with Crippen molar-refractivity contribution in [3.63, 3.8) is 0 Å². The second-order valence-electron chi connectivity index (χ2n) is 7.28. The van der Waals surface area contributed by atoms with Gasteiger partial charge < -0.3 is 4.90 Å².